The van der Waals surface area contributed by atoms with Crippen LogP contribution in [0, 0.1) is 0 Å². The molecule has 0 bridgehead atoms. The SMILES string of the molecule is O=C(Oc1ccccc1)N1C(=O)S/C(=C\c2ccco2)C1=O. The lowest BCUT2D eigenvalue weighted by Crippen LogP contribution is -2.37. The number of ether oxygens (including phenoxy) is 1. The fourth-order valence-corrected chi connectivity index (χ4v) is 2.55. The van der Waals surface area contributed by atoms with E-state index in [4.69, 9.17) is 9.15 Å². The quantitative estimate of drug-likeness (QED) is 0.789. The van der Waals surface area contributed by atoms with E-state index in [1.807, 2.05) is 0 Å². The number of para-hydroxylation sites is 1. The van der Waals surface area contributed by atoms with Crippen LogP contribution in [0.1, 0.15) is 5.76 Å². The van der Waals surface area contributed by atoms with Gasteiger partial charge >= 0.3 is 11.3 Å². The summed E-state index contributed by atoms with van der Waals surface area (Å²) >= 11 is 0.657. The maximum Gasteiger partial charge on any atom is 0.430 e. The van der Waals surface area contributed by atoms with Crippen molar-refractivity contribution in [1.29, 1.82) is 0 Å². The summed E-state index contributed by atoms with van der Waals surface area (Å²) in [5.74, 6) is -0.0594. The van der Waals surface area contributed by atoms with Crippen molar-refractivity contribution in [2.45, 2.75) is 0 Å². The summed E-state index contributed by atoms with van der Waals surface area (Å²) in [5, 5.41) is -0.705. The Balaban J connectivity index is 1.78. The number of rotatable bonds is 2. The van der Waals surface area contributed by atoms with E-state index < -0.39 is 17.2 Å². The van der Waals surface area contributed by atoms with E-state index in [-0.39, 0.29) is 10.7 Å². The first kappa shape index (κ1) is 14.2. The van der Waals surface area contributed by atoms with Crippen LogP contribution in [0.3, 0.4) is 0 Å². The molecule has 2 heterocycles. The maximum absolute atomic E-state index is 12.1. The normalized spacial score (nSPS) is 16.4. The van der Waals surface area contributed by atoms with Crippen molar-refractivity contribution in [3.8, 4) is 5.75 Å². The van der Waals surface area contributed by atoms with E-state index in [0.717, 1.165) is 0 Å². The lowest BCUT2D eigenvalue weighted by atomic mass is 10.3. The Morgan fingerprint density at radius 2 is 1.91 bits per heavy atom. The predicted molar refractivity (Wildman–Crippen MR) is 79.0 cm³/mol. The molecular weight excluding hydrogens is 306 g/mol. The number of thioether (sulfide) groups is 1. The van der Waals surface area contributed by atoms with Crippen LogP contribution in [-0.2, 0) is 4.79 Å². The lowest BCUT2D eigenvalue weighted by Gasteiger charge is -2.10. The van der Waals surface area contributed by atoms with Gasteiger partial charge in [-0.1, -0.05) is 18.2 Å². The highest BCUT2D eigenvalue weighted by Crippen LogP contribution is 2.32. The molecule has 1 aliphatic heterocycles. The topological polar surface area (TPSA) is 76.8 Å². The van der Waals surface area contributed by atoms with Crippen molar-refractivity contribution >= 4 is 35.1 Å². The number of carbonyl (C=O) groups is 3. The predicted octanol–water partition coefficient (Wildman–Crippen LogP) is 3.51. The zero-order valence-corrected chi connectivity index (χ0v) is 11.9. The molecule has 0 atom stereocenters. The van der Waals surface area contributed by atoms with E-state index in [2.05, 4.69) is 0 Å². The molecule has 3 amide bonds. The van der Waals surface area contributed by atoms with Crippen molar-refractivity contribution in [3.05, 3.63) is 59.4 Å². The minimum Gasteiger partial charge on any atom is -0.465 e. The molecule has 1 saturated heterocycles. The second kappa shape index (κ2) is 5.90. The fraction of sp³-hybridized carbons (Fsp3) is 0. The summed E-state index contributed by atoms with van der Waals surface area (Å²) in [7, 11) is 0. The second-order valence-corrected chi connectivity index (χ2v) is 5.21. The monoisotopic (exact) mass is 315 g/mol. The van der Waals surface area contributed by atoms with Gasteiger partial charge in [0, 0.05) is 6.08 Å². The molecule has 6 nitrogen and oxygen atoms in total. The zero-order chi connectivity index (χ0) is 15.5. The molecule has 1 aromatic heterocycles. The molecule has 0 saturated carbocycles. The number of amides is 3. The number of benzene rings is 1. The standard InChI is InChI=1S/C15H9NO5S/c17-13-12(9-11-7-4-8-20-11)22-15(19)16(13)14(18)21-10-5-2-1-3-6-10/h1-9H/b12-9-. The average molecular weight is 315 g/mol. The first-order valence-electron chi connectivity index (χ1n) is 6.23. The van der Waals surface area contributed by atoms with Gasteiger partial charge in [-0.2, -0.15) is 4.90 Å². The Labute approximate surface area is 129 Å². The van der Waals surface area contributed by atoms with Crippen LogP contribution in [-0.4, -0.2) is 22.1 Å². The van der Waals surface area contributed by atoms with Crippen LogP contribution in [0.4, 0.5) is 9.59 Å². The van der Waals surface area contributed by atoms with Crippen LogP contribution in [0.5, 0.6) is 5.75 Å². The third-order valence-electron chi connectivity index (χ3n) is 2.74. The van der Waals surface area contributed by atoms with E-state index >= 15 is 0 Å². The molecule has 0 N–H and O–H groups in total. The van der Waals surface area contributed by atoms with E-state index in [1.54, 1.807) is 42.5 Å². The first-order valence-corrected chi connectivity index (χ1v) is 7.05. The molecule has 110 valence electrons. The molecule has 7 heteroatoms. The minimum atomic E-state index is -1.03. The number of hydrogen-bond donors (Lipinski definition) is 0. The van der Waals surface area contributed by atoms with Crippen LogP contribution in [0.25, 0.3) is 6.08 Å². The third kappa shape index (κ3) is 2.79. The third-order valence-corrected chi connectivity index (χ3v) is 3.61. The molecule has 1 aromatic carbocycles. The van der Waals surface area contributed by atoms with Crippen molar-refractivity contribution in [2.24, 2.45) is 0 Å². The van der Waals surface area contributed by atoms with Crippen LogP contribution in [0.2, 0.25) is 0 Å². The van der Waals surface area contributed by atoms with E-state index in [9.17, 15) is 14.4 Å². The minimum absolute atomic E-state index is 0.102. The van der Waals surface area contributed by atoms with Gasteiger partial charge < -0.3 is 9.15 Å². The van der Waals surface area contributed by atoms with Crippen molar-refractivity contribution in [3.63, 3.8) is 0 Å². The molecule has 0 spiro atoms. The van der Waals surface area contributed by atoms with Crippen LogP contribution >= 0.6 is 11.8 Å². The van der Waals surface area contributed by atoms with Crippen LogP contribution in [0.15, 0.2) is 58.1 Å². The van der Waals surface area contributed by atoms with Crippen molar-refractivity contribution < 1.29 is 23.5 Å². The van der Waals surface area contributed by atoms with Gasteiger partial charge in [0.25, 0.3) is 5.91 Å². The molecule has 0 radical (unpaired) electrons. The maximum atomic E-state index is 12.1. The van der Waals surface area contributed by atoms with Crippen molar-refractivity contribution in [1.82, 2.24) is 4.90 Å². The Hall–Kier alpha value is -2.80. The smallest absolute Gasteiger partial charge is 0.430 e. The molecule has 1 aliphatic rings. The number of hydrogen-bond acceptors (Lipinski definition) is 6. The second-order valence-electron chi connectivity index (χ2n) is 4.21. The zero-order valence-electron chi connectivity index (χ0n) is 11.1. The van der Waals surface area contributed by atoms with Gasteiger partial charge in [0.05, 0.1) is 11.2 Å². The number of nitrogens with zero attached hydrogens (tertiary/aromatic N) is 1. The summed E-state index contributed by atoms with van der Waals surface area (Å²) in [6, 6.07) is 11.5. The molecule has 1 fully saturated rings. The Morgan fingerprint density at radius 3 is 2.59 bits per heavy atom. The van der Waals surface area contributed by atoms with Gasteiger partial charge in [0.1, 0.15) is 11.5 Å². The number of imide groups is 3. The highest BCUT2D eigenvalue weighted by molar-refractivity contribution is 8.18. The molecule has 22 heavy (non-hydrogen) atoms. The fourth-order valence-electron chi connectivity index (χ4n) is 1.76. The molecule has 2 aromatic rings. The summed E-state index contributed by atoms with van der Waals surface area (Å²) in [6.07, 6.45) is 1.82. The summed E-state index contributed by atoms with van der Waals surface area (Å²) < 4.78 is 10.1. The summed E-state index contributed by atoms with van der Waals surface area (Å²) in [5.41, 5.74) is 0. The van der Waals surface area contributed by atoms with Gasteiger partial charge in [-0.15, -0.1) is 0 Å². The molecule has 0 aliphatic carbocycles. The van der Waals surface area contributed by atoms with Crippen LogP contribution < -0.4 is 4.74 Å². The average Bonchev–Trinajstić information content (AvgIpc) is 3.09. The molecule has 0 unspecified atom stereocenters. The Morgan fingerprint density at radius 1 is 1.14 bits per heavy atom. The molecular formula is C15H9NO5S. The highest BCUT2D eigenvalue weighted by atomic mass is 32.2. The first-order chi connectivity index (χ1) is 10.6. The number of furan rings is 1. The van der Waals surface area contributed by atoms with E-state index in [0.29, 0.717) is 22.4 Å². The van der Waals surface area contributed by atoms with E-state index in [1.165, 1.54) is 12.3 Å². The number of carbonyl (C=O) groups excluding carboxylic acids is 3. The van der Waals surface area contributed by atoms with Crippen molar-refractivity contribution in [2.75, 3.05) is 0 Å². The summed E-state index contributed by atoms with van der Waals surface area (Å²) in [4.78, 5) is 36.5. The van der Waals surface area contributed by atoms with Gasteiger partial charge in [-0.3, -0.25) is 9.59 Å². The molecule has 3 rings (SSSR count). The Bertz CT molecular complexity index is 752. The Kier molecular flexibility index (Phi) is 3.80. The van der Waals surface area contributed by atoms with Gasteiger partial charge in [0.15, 0.2) is 0 Å². The largest absolute Gasteiger partial charge is 0.465 e. The summed E-state index contributed by atoms with van der Waals surface area (Å²) in [6.45, 7) is 0. The van der Waals surface area contributed by atoms with Gasteiger partial charge in [0.2, 0.25) is 0 Å². The lowest BCUT2D eigenvalue weighted by molar-refractivity contribution is -0.121. The highest BCUT2D eigenvalue weighted by Gasteiger charge is 2.41. The van der Waals surface area contributed by atoms with Gasteiger partial charge in [-0.25, -0.2) is 4.79 Å². The van der Waals surface area contributed by atoms with Gasteiger partial charge in [-0.05, 0) is 36.0 Å².